The van der Waals surface area contributed by atoms with Crippen molar-refractivity contribution in [3.63, 3.8) is 0 Å². The molecule has 0 unspecified atom stereocenters. The van der Waals surface area contributed by atoms with Crippen molar-refractivity contribution in [2.75, 3.05) is 33.8 Å². The van der Waals surface area contributed by atoms with Gasteiger partial charge in [0.2, 0.25) is 47.3 Å². The molecular weight excluding hydrogens is 861 g/mol. The van der Waals surface area contributed by atoms with Crippen LogP contribution in [0.3, 0.4) is 0 Å². The van der Waals surface area contributed by atoms with Crippen LogP contribution in [0.4, 0.5) is 0 Å². The lowest BCUT2D eigenvalue weighted by Gasteiger charge is -2.30. The number of aryl methyl sites for hydroxylation is 1. The van der Waals surface area contributed by atoms with E-state index < -0.39 is 91.3 Å². The van der Waals surface area contributed by atoms with Crippen LogP contribution in [0.25, 0.3) is 11.1 Å². The van der Waals surface area contributed by atoms with E-state index in [1.807, 2.05) is 0 Å². The molecule has 4 bridgehead atoms. The number of nitrogens with one attached hydrogen (secondary N) is 5. The first kappa shape index (κ1) is 55.3. The summed E-state index contributed by atoms with van der Waals surface area (Å²) in [6.07, 6.45) is 15.3. The number of likely N-dealkylation sites (N-methyl/N-ethyl adjacent to an activating group) is 2. The molecule has 0 fully saturated rings. The molecular formula is C49H74N8O10. The second kappa shape index (κ2) is 28.2. The molecule has 8 amide bonds. The Morgan fingerprint density at radius 1 is 0.776 bits per heavy atom. The van der Waals surface area contributed by atoms with E-state index in [-0.39, 0.29) is 24.5 Å². The monoisotopic (exact) mass is 935 g/mol. The molecule has 18 nitrogen and oxygen atoms in total. The van der Waals surface area contributed by atoms with Crippen LogP contribution in [0.5, 0.6) is 5.75 Å². The second-order valence-corrected chi connectivity index (χ2v) is 17.7. The fourth-order valence-electron chi connectivity index (χ4n) is 7.96. The number of primary amides is 1. The van der Waals surface area contributed by atoms with Crippen LogP contribution in [0.1, 0.15) is 133 Å². The van der Waals surface area contributed by atoms with Gasteiger partial charge in [-0.2, -0.15) is 0 Å². The number of carbonyl (C=O) groups excluding carboxylic acids is 8. The number of nitrogens with zero attached hydrogens (tertiary/aromatic N) is 2. The Morgan fingerprint density at radius 3 is 1.99 bits per heavy atom. The van der Waals surface area contributed by atoms with Gasteiger partial charge in [0.05, 0.1) is 19.7 Å². The summed E-state index contributed by atoms with van der Waals surface area (Å²) in [7, 11) is 2.77. The number of nitrogens with two attached hydrogens (primary N) is 1. The van der Waals surface area contributed by atoms with Crippen LogP contribution in [0.15, 0.2) is 36.4 Å². The molecule has 67 heavy (non-hydrogen) atoms. The van der Waals surface area contributed by atoms with Gasteiger partial charge in [0, 0.05) is 32.5 Å². The summed E-state index contributed by atoms with van der Waals surface area (Å²) in [5.41, 5.74) is 7.61. The van der Waals surface area contributed by atoms with Gasteiger partial charge in [0.1, 0.15) is 36.0 Å². The zero-order valence-electron chi connectivity index (χ0n) is 40.2. The fraction of sp³-hybridized carbons (Fsp3) is 0.592. The van der Waals surface area contributed by atoms with Crippen LogP contribution in [-0.2, 0) is 44.8 Å². The summed E-state index contributed by atoms with van der Waals surface area (Å²) in [6, 6.07) is 3.35. The average molecular weight is 935 g/mol. The van der Waals surface area contributed by atoms with E-state index in [9.17, 15) is 48.6 Å². The van der Waals surface area contributed by atoms with Gasteiger partial charge in [-0.15, -0.1) is 0 Å². The number of phenols is 1. The van der Waals surface area contributed by atoms with E-state index in [4.69, 9.17) is 5.73 Å². The van der Waals surface area contributed by atoms with Crippen molar-refractivity contribution in [2.45, 2.75) is 154 Å². The minimum absolute atomic E-state index is 0.0464. The number of aromatic hydroxyl groups is 1. The SMILES string of the molecule is CCCCCCCCCCCCCCCC(=O)N(C)[C@H](CO)C(=O)N[C@H](C)C(=O)NCC(=O)N(C)[C@@H]1C(=O)N[C@@H](C)C(=O)N[C@H](C(=O)NCC(N)=O)Cc2ccc(O)c(c2)-c2cc1ccc2C. The first-order chi connectivity index (χ1) is 31.9. The van der Waals surface area contributed by atoms with Gasteiger partial charge in [0.25, 0.3) is 0 Å². The Bertz CT molecular complexity index is 2030. The van der Waals surface area contributed by atoms with Gasteiger partial charge in [-0.3, -0.25) is 38.4 Å². The van der Waals surface area contributed by atoms with E-state index in [1.54, 1.807) is 37.3 Å². The molecule has 2 aromatic rings. The number of aliphatic hydroxyl groups is 1. The van der Waals surface area contributed by atoms with Crippen molar-refractivity contribution >= 4 is 47.3 Å². The summed E-state index contributed by atoms with van der Waals surface area (Å²) in [5.74, 6) is -5.71. The number of hydrogen-bond acceptors (Lipinski definition) is 10. The number of amides is 8. The Kier molecular flexibility index (Phi) is 23.3. The third-order valence-electron chi connectivity index (χ3n) is 12.2. The predicted molar refractivity (Wildman–Crippen MR) is 254 cm³/mol. The number of fused-ring (bicyclic) bond motifs is 5. The van der Waals surface area contributed by atoms with Crippen LogP contribution in [0, 0.1) is 6.92 Å². The Morgan fingerprint density at radius 2 is 1.39 bits per heavy atom. The minimum Gasteiger partial charge on any atom is -0.507 e. The molecule has 1 aliphatic heterocycles. The summed E-state index contributed by atoms with van der Waals surface area (Å²) in [4.78, 5) is 108. The lowest BCUT2D eigenvalue weighted by atomic mass is 9.91. The molecule has 0 aliphatic carbocycles. The maximum atomic E-state index is 14.1. The zero-order chi connectivity index (χ0) is 49.6. The molecule has 18 heteroatoms. The zero-order valence-corrected chi connectivity index (χ0v) is 40.2. The van der Waals surface area contributed by atoms with Crippen LogP contribution >= 0.6 is 0 Å². The molecule has 5 atom stereocenters. The molecule has 0 spiro atoms. The number of hydrogen-bond donors (Lipinski definition) is 8. The molecule has 9 N–H and O–H groups in total. The van der Waals surface area contributed by atoms with Gasteiger partial charge < -0.3 is 52.3 Å². The van der Waals surface area contributed by atoms with Crippen molar-refractivity contribution < 1.29 is 48.6 Å². The first-order valence-electron chi connectivity index (χ1n) is 23.7. The number of unbranched alkanes of at least 4 members (excludes halogenated alkanes) is 12. The van der Waals surface area contributed by atoms with Crippen LogP contribution in [-0.4, -0.2) is 125 Å². The fourth-order valence-corrected chi connectivity index (χ4v) is 7.96. The summed E-state index contributed by atoms with van der Waals surface area (Å²) < 4.78 is 0. The molecule has 370 valence electrons. The second-order valence-electron chi connectivity index (χ2n) is 17.7. The normalized spacial score (nSPS) is 16.9. The summed E-state index contributed by atoms with van der Waals surface area (Å²) >= 11 is 0. The van der Waals surface area contributed by atoms with Crippen molar-refractivity contribution in [2.24, 2.45) is 5.73 Å². The van der Waals surface area contributed by atoms with E-state index in [1.165, 1.54) is 96.7 Å². The maximum absolute atomic E-state index is 14.1. The highest BCUT2D eigenvalue weighted by atomic mass is 16.3. The Balaban J connectivity index is 1.64. The number of aliphatic hydroxyl groups excluding tert-OH is 1. The first-order valence-corrected chi connectivity index (χ1v) is 23.7. The quantitative estimate of drug-likeness (QED) is 0.0675. The van der Waals surface area contributed by atoms with Gasteiger partial charge in [0.15, 0.2) is 0 Å². The van der Waals surface area contributed by atoms with Gasteiger partial charge in [-0.25, -0.2) is 0 Å². The van der Waals surface area contributed by atoms with Gasteiger partial charge in [-0.05, 0) is 67.6 Å². The number of phenolic OH excluding ortho intramolecular Hbond substituents is 1. The highest BCUT2D eigenvalue weighted by Gasteiger charge is 2.34. The Hall–Kier alpha value is -6.04. The predicted octanol–water partition coefficient (Wildman–Crippen LogP) is 2.94. The summed E-state index contributed by atoms with van der Waals surface area (Å²) in [5, 5.41) is 33.7. The van der Waals surface area contributed by atoms with Crippen LogP contribution < -0.4 is 32.3 Å². The van der Waals surface area contributed by atoms with Crippen molar-refractivity contribution in [3.05, 3.63) is 53.1 Å². The van der Waals surface area contributed by atoms with E-state index in [0.717, 1.165) is 24.2 Å². The van der Waals surface area contributed by atoms with Gasteiger partial charge in [-0.1, -0.05) is 102 Å². The topological polar surface area (TPSA) is 270 Å². The van der Waals surface area contributed by atoms with E-state index in [2.05, 4.69) is 33.5 Å². The van der Waals surface area contributed by atoms with Crippen molar-refractivity contribution in [1.82, 2.24) is 36.4 Å². The van der Waals surface area contributed by atoms with Gasteiger partial charge >= 0.3 is 0 Å². The van der Waals surface area contributed by atoms with Crippen molar-refractivity contribution in [1.29, 1.82) is 0 Å². The highest BCUT2D eigenvalue weighted by molar-refractivity contribution is 5.97. The van der Waals surface area contributed by atoms with E-state index >= 15 is 0 Å². The lowest BCUT2D eigenvalue weighted by Crippen LogP contribution is -2.56. The third-order valence-corrected chi connectivity index (χ3v) is 12.2. The van der Waals surface area contributed by atoms with E-state index in [0.29, 0.717) is 34.2 Å². The number of benzene rings is 2. The summed E-state index contributed by atoms with van der Waals surface area (Å²) in [6.45, 7) is 5.01. The molecule has 1 aliphatic rings. The lowest BCUT2D eigenvalue weighted by molar-refractivity contribution is -0.142. The molecule has 2 aromatic carbocycles. The maximum Gasteiger partial charge on any atom is 0.248 e. The highest BCUT2D eigenvalue weighted by Crippen LogP contribution is 2.35. The molecule has 0 saturated carbocycles. The molecule has 0 aromatic heterocycles. The minimum atomic E-state index is -1.38. The molecule has 3 rings (SSSR count). The third kappa shape index (κ3) is 17.6. The van der Waals surface area contributed by atoms with Crippen LogP contribution in [0.2, 0.25) is 0 Å². The number of rotatable bonds is 25. The molecule has 0 saturated heterocycles. The number of carbonyl (C=O) groups is 8. The smallest absolute Gasteiger partial charge is 0.248 e. The molecule has 0 radical (unpaired) electrons. The van der Waals surface area contributed by atoms with Crippen molar-refractivity contribution in [3.8, 4) is 16.9 Å². The average Bonchev–Trinajstić information content (AvgIpc) is 3.29. The Labute approximate surface area is 394 Å². The largest absolute Gasteiger partial charge is 0.507 e. The molecule has 1 heterocycles. The standard InChI is InChI=1S/C49H74N8O10/c1-7-8-9-10-11-12-13-14-15-16-17-18-19-20-42(61)56(5)39(30-58)48(66)53-32(3)45(63)52-29-43(62)57(6)44-35-23-21-31(2)36(27-35)37-25-34(22-24-40(37)59)26-38(47(65)51-28-41(50)60)55-46(64)33(4)54-49(44)67/h21-25,27,32-33,38-39,44,58-59H,7-20,26,28-30H2,1-6H3,(H2,50,60)(H,51,65)(H,52,63)(H,53,66)(H,54,67)(H,55,64)/t32-,33+,38+,39-,44+/m1/s1.